The van der Waals surface area contributed by atoms with Gasteiger partial charge in [0, 0.05) is 23.1 Å². The average molecular weight is 498 g/mol. The number of rotatable bonds is 8. The van der Waals surface area contributed by atoms with Crippen LogP contribution in [-0.4, -0.2) is 44.6 Å². The molecule has 2 aromatic carbocycles. The molecule has 1 aliphatic heterocycles. The summed E-state index contributed by atoms with van der Waals surface area (Å²) in [7, 11) is -3.75. The van der Waals surface area contributed by atoms with Gasteiger partial charge >= 0.3 is 0 Å². The van der Waals surface area contributed by atoms with E-state index in [0.29, 0.717) is 16.6 Å². The van der Waals surface area contributed by atoms with Gasteiger partial charge in [0.15, 0.2) is 0 Å². The number of likely N-dealkylation sites (tertiary alicyclic amines) is 1. The highest BCUT2D eigenvalue weighted by molar-refractivity contribution is 7.92. The van der Waals surface area contributed by atoms with Crippen molar-refractivity contribution in [3.63, 3.8) is 0 Å². The molecule has 0 aliphatic carbocycles. The quantitative estimate of drug-likeness (QED) is 0.584. The van der Waals surface area contributed by atoms with Gasteiger partial charge in [0.05, 0.1) is 11.9 Å². The molecule has 174 valence electrons. The van der Waals surface area contributed by atoms with Gasteiger partial charge in [-0.3, -0.25) is 14.0 Å². The van der Waals surface area contributed by atoms with Crippen LogP contribution in [0.15, 0.2) is 42.5 Å². The summed E-state index contributed by atoms with van der Waals surface area (Å²) in [6, 6.07) is 11.6. The van der Waals surface area contributed by atoms with Crippen LogP contribution < -0.4 is 9.62 Å². The van der Waals surface area contributed by atoms with Gasteiger partial charge < -0.3 is 5.32 Å². The van der Waals surface area contributed by atoms with Gasteiger partial charge in [0.25, 0.3) is 0 Å². The lowest BCUT2D eigenvalue weighted by Gasteiger charge is -2.28. The van der Waals surface area contributed by atoms with E-state index in [9.17, 15) is 13.2 Å². The van der Waals surface area contributed by atoms with Crippen molar-refractivity contribution in [2.75, 3.05) is 23.7 Å². The molecule has 1 saturated heterocycles. The first-order valence-electron chi connectivity index (χ1n) is 10.7. The summed E-state index contributed by atoms with van der Waals surface area (Å²) in [5, 5.41) is 3.41. The molecule has 1 atom stereocenters. The van der Waals surface area contributed by atoms with Crippen LogP contribution in [0.25, 0.3) is 0 Å². The Bertz CT molecular complexity index is 1020. The Morgan fingerprint density at radius 2 is 1.59 bits per heavy atom. The molecular weight excluding hydrogens is 469 g/mol. The van der Waals surface area contributed by atoms with E-state index >= 15 is 0 Å². The van der Waals surface area contributed by atoms with Gasteiger partial charge in [-0.15, -0.1) is 0 Å². The molecule has 3 rings (SSSR count). The van der Waals surface area contributed by atoms with Crippen molar-refractivity contribution in [3.05, 3.63) is 63.6 Å². The fraction of sp³-hybridized carbons (Fsp3) is 0.435. The van der Waals surface area contributed by atoms with E-state index in [-0.39, 0.29) is 5.69 Å². The smallest absolute Gasteiger partial charge is 0.243 e. The number of hydrogen-bond donors (Lipinski definition) is 1. The van der Waals surface area contributed by atoms with E-state index in [4.69, 9.17) is 23.2 Å². The van der Waals surface area contributed by atoms with E-state index in [1.54, 1.807) is 0 Å². The van der Waals surface area contributed by atoms with Gasteiger partial charge in [-0.1, -0.05) is 53.9 Å². The summed E-state index contributed by atoms with van der Waals surface area (Å²) in [6.45, 7) is 5.07. The normalized spacial score (nSPS) is 15.9. The molecule has 32 heavy (non-hydrogen) atoms. The number of carbonyl (C=O) groups excluding carboxylic acids is 1. The monoisotopic (exact) mass is 497 g/mol. The van der Waals surface area contributed by atoms with Crippen LogP contribution >= 0.6 is 23.2 Å². The zero-order valence-corrected chi connectivity index (χ0v) is 20.7. The molecule has 1 N–H and O–H groups in total. The molecule has 6 nitrogen and oxygen atoms in total. The predicted octanol–water partition coefficient (Wildman–Crippen LogP) is 4.45. The molecule has 1 amide bonds. The molecule has 1 aliphatic rings. The number of benzene rings is 2. The van der Waals surface area contributed by atoms with Crippen molar-refractivity contribution in [3.8, 4) is 0 Å². The highest BCUT2D eigenvalue weighted by Gasteiger charge is 2.29. The van der Waals surface area contributed by atoms with Crippen molar-refractivity contribution >= 4 is 44.8 Å². The van der Waals surface area contributed by atoms with Gasteiger partial charge in [0.1, 0.15) is 6.04 Å². The third kappa shape index (κ3) is 6.85. The predicted molar refractivity (Wildman–Crippen MR) is 131 cm³/mol. The maximum Gasteiger partial charge on any atom is 0.243 e. The molecule has 0 bridgehead atoms. The first-order chi connectivity index (χ1) is 15.1. The standard InChI is InChI=1S/C23H29Cl2N3O3S/c1-17(28(32(2,30)31)22-13-20(24)12-21(25)14-22)23(29)26-15-18-6-8-19(9-7-18)16-27-10-4-3-5-11-27/h6-9,12-14,17H,3-5,10-11,15-16H2,1-2H3,(H,26,29). The van der Waals surface area contributed by atoms with E-state index < -0.39 is 22.0 Å². The maximum absolute atomic E-state index is 12.8. The van der Waals surface area contributed by atoms with Crippen LogP contribution in [0.1, 0.15) is 37.3 Å². The maximum atomic E-state index is 12.8. The van der Waals surface area contributed by atoms with E-state index in [1.807, 2.05) is 12.1 Å². The van der Waals surface area contributed by atoms with Crippen molar-refractivity contribution in [2.24, 2.45) is 0 Å². The third-order valence-corrected chi connectivity index (χ3v) is 7.21. The lowest BCUT2D eigenvalue weighted by Crippen LogP contribution is -2.47. The van der Waals surface area contributed by atoms with Crippen LogP contribution in [0.5, 0.6) is 0 Å². The van der Waals surface area contributed by atoms with Gasteiger partial charge in [0.2, 0.25) is 15.9 Å². The van der Waals surface area contributed by atoms with E-state index in [2.05, 4.69) is 22.3 Å². The number of nitrogens with one attached hydrogen (secondary N) is 1. The highest BCUT2D eigenvalue weighted by atomic mass is 35.5. The zero-order valence-electron chi connectivity index (χ0n) is 18.4. The second kappa shape index (κ2) is 10.9. The summed E-state index contributed by atoms with van der Waals surface area (Å²) in [6.07, 6.45) is 4.88. The number of anilines is 1. The fourth-order valence-corrected chi connectivity index (χ4v) is 5.62. The van der Waals surface area contributed by atoms with Crippen molar-refractivity contribution in [1.29, 1.82) is 0 Å². The van der Waals surface area contributed by atoms with Gasteiger partial charge in [-0.2, -0.15) is 0 Å². The minimum absolute atomic E-state index is 0.245. The first kappa shape index (κ1) is 24.8. The number of hydrogen-bond acceptors (Lipinski definition) is 4. The van der Waals surface area contributed by atoms with Gasteiger partial charge in [-0.25, -0.2) is 8.42 Å². The summed E-state index contributed by atoms with van der Waals surface area (Å²) in [5.41, 5.74) is 2.44. The number of carbonyl (C=O) groups is 1. The highest BCUT2D eigenvalue weighted by Crippen LogP contribution is 2.28. The molecule has 0 radical (unpaired) electrons. The largest absolute Gasteiger partial charge is 0.350 e. The minimum Gasteiger partial charge on any atom is -0.350 e. The molecule has 1 heterocycles. The van der Waals surface area contributed by atoms with Crippen LogP contribution in [0.3, 0.4) is 0 Å². The van der Waals surface area contributed by atoms with Crippen LogP contribution in [-0.2, 0) is 27.9 Å². The fourth-order valence-electron chi connectivity index (χ4n) is 3.95. The Morgan fingerprint density at radius 3 is 2.16 bits per heavy atom. The molecule has 0 aromatic heterocycles. The Kier molecular flexibility index (Phi) is 8.44. The van der Waals surface area contributed by atoms with Gasteiger partial charge in [-0.05, 0) is 62.2 Å². The topological polar surface area (TPSA) is 69.7 Å². The summed E-state index contributed by atoms with van der Waals surface area (Å²) >= 11 is 12.1. The number of piperidine rings is 1. The molecule has 0 saturated carbocycles. The van der Waals surface area contributed by atoms with Crippen molar-refractivity contribution in [1.82, 2.24) is 10.2 Å². The lowest BCUT2D eigenvalue weighted by molar-refractivity contribution is -0.122. The number of halogens is 2. The SMILES string of the molecule is CC(C(=O)NCc1ccc(CN2CCCCC2)cc1)N(c1cc(Cl)cc(Cl)c1)S(C)(=O)=O. The minimum atomic E-state index is -3.75. The number of sulfonamides is 1. The number of nitrogens with zero attached hydrogens (tertiary/aromatic N) is 2. The molecule has 9 heteroatoms. The lowest BCUT2D eigenvalue weighted by atomic mass is 10.1. The Hall–Kier alpha value is -1.80. The third-order valence-electron chi connectivity index (χ3n) is 5.53. The molecule has 2 aromatic rings. The molecule has 1 fully saturated rings. The Morgan fingerprint density at radius 1 is 1.03 bits per heavy atom. The molecule has 0 spiro atoms. The van der Waals surface area contributed by atoms with E-state index in [1.165, 1.54) is 49.9 Å². The summed E-state index contributed by atoms with van der Waals surface area (Å²) in [4.78, 5) is 15.2. The summed E-state index contributed by atoms with van der Waals surface area (Å²) < 4.78 is 25.9. The van der Waals surface area contributed by atoms with Crippen molar-refractivity contribution < 1.29 is 13.2 Å². The van der Waals surface area contributed by atoms with Crippen molar-refractivity contribution in [2.45, 2.75) is 45.3 Å². The average Bonchev–Trinajstić information content (AvgIpc) is 2.72. The van der Waals surface area contributed by atoms with E-state index in [0.717, 1.165) is 35.8 Å². The Balaban J connectivity index is 1.63. The molecule has 1 unspecified atom stereocenters. The Labute approximate surface area is 200 Å². The second-order valence-electron chi connectivity index (χ2n) is 8.23. The van der Waals surface area contributed by atoms with Crippen LogP contribution in [0, 0.1) is 0 Å². The second-order valence-corrected chi connectivity index (χ2v) is 11.0. The first-order valence-corrected chi connectivity index (χ1v) is 13.3. The van der Waals surface area contributed by atoms with Crippen LogP contribution in [0.4, 0.5) is 5.69 Å². The summed E-state index contributed by atoms with van der Waals surface area (Å²) in [5.74, 6) is -0.413. The zero-order chi connectivity index (χ0) is 23.3. The number of amides is 1. The molecular formula is C23H29Cl2N3O3S. The van der Waals surface area contributed by atoms with Crippen LogP contribution in [0.2, 0.25) is 10.0 Å².